The monoisotopic (exact) mass is 972 g/mol. The Morgan fingerprint density at radius 2 is 0.681 bits per heavy atom. The molecule has 408 valence electrons. The quantitative estimate of drug-likeness (QED) is 0.0321. The van der Waals surface area contributed by atoms with E-state index in [0.717, 1.165) is 44.9 Å². The minimum absolute atomic E-state index is 0.00255. The number of ether oxygens (including phenoxy) is 1. The molecule has 3 N–H and O–H groups in total. The van der Waals surface area contributed by atoms with Crippen LogP contribution in [0.5, 0.6) is 0 Å². The van der Waals surface area contributed by atoms with Crippen molar-refractivity contribution in [3.8, 4) is 0 Å². The van der Waals surface area contributed by atoms with E-state index in [-0.39, 0.29) is 18.5 Å². The largest absolute Gasteiger partial charge is 0.466 e. The zero-order chi connectivity index (χ0) is 50.0. The van der Waals surface area contributed by atoms with Crippen LogP contribution in [0.1, 0.15) is 341 Å². The van der Waals surface area contributed by atoms with Crippen molar-refractivity contribution in [3.63, 3.8) is 0 Å². The highest BCUT2D eigenvalue weighted by atomic mass is 16.5. The summed E-state index contributed by atoms with van der Waals surface area (Å²) in [6, 6.07) is -0.548. The van der Waals surface area contributed by atoms with Gasteiger partial charge in [-0.3, -0.25) is 9.59 Å². The van der Waals surface area contributed by atoms with Crippen LogP contribution in [-0.4, -0.2) is 47.4 Å². The predicted molar refractivity (Wildman–Crippen MR) is 301 cm³/mol. The summed E-state index contributed by atoms with van der Waals surface area (Å²) < 4.78 is 5.47. The molecule has 0 saturated heterocycles. The number of aliphatic hydroxyl groups excluding tert-OH is 2. The van der Waals surface area contributed by atoms with Crippen LogP contribution in [0, 0.1) is 0 Å². The summed E-state index contributed by atoms with van der Waals surface area (Å²) in [5, 5.41) is 23.3. The summed E-state index contributed by atoms with van der Waals surface area (Å²) in [6.45, 7) is 4.95. The van der Waals surface area contributed by atoms with Gasteiger partial charge < -0.3 is 20.3 Å². The van der Waals surface area contributed by atoms with E-state index in [2.05, 4.69) is 43.5 Å². The van der Waals surface area contributed by atoms with Crippen LogP contribution >= 0.6 is 0 Å². The summed E-state index contributed by atoms with van der Waals surface area (Å²) >= 11 is 0. The van der Waals surface area contributed by atoms with Crippen molar-refractivity contribution in [2.45, 2.75) is 353 Å². The Labute approximate surface area is 431 Å². The Kier molecular flexibility index (Phi) is 57.5. The van der Waals surface area contributed by atoms with Crippen molar-refractivity contribution in [1.29, 1.82) is 0 Å². The number of allylic oxidation sites excluding steroid dienone is 4. The van der Waals surface area contributed by atoms with Crippen molar-refractivity contribution >= 4 is 11.9 Å². The van der Waals surface area contributed by atoms with Crippen molar-refractivity contribution in [2.24, 2.45) is 0 Å². The lowest BCUT2D eigenvalue weighted by Gasteiger charge is -2.22. The summed E-state index contributed by atoms with van der Waals surface area (Å²) in [7, 11) is 0. The molecule has 2 atom stereocenters. The SMILES string of the molecule is CCCCCC/C=C\CCCCCCCC(=O)OCCCCCCCCCCC/C=C\CCCCCCCCCC(=O)NC(CO)C(O)CCCCCCCCCCCCCCCCCCCCC. The fraction of sp³-hybridized carbons (Fsp3) is 0.905. The van der Waals surface area contributed by atoms with Crippen LogP contribution in [0.3, 0.4) is 0 Å². The van der Waals surface area contributed by atoms with Gasteiger partial charge in [0.05, 0.1) is 25.4 Å². The molecule has 6 nitrogen and oxygen atoms in total. The highest BCUT2D eigenvalue weighted by Crippen LogP contribution is 2.18. The molecular weight excluding hydrogens is 851 g/mol. The molecule has 0 aromatic carbocycles. The maximum absolute atomic E-state index is 12.5. The molecule has 69 heavy (non-hydrogen) atoms. The van der Waals surface area contributed by atoms with Crippen LogP contribution in [0.4, 0.5) is 0 Å². The number of hydrogen-bond donors (Lipinski definition) is 3. The van der Waals surface area contributed by atoms with E-state index in [1.54, 1.807) is 0 Å². The van der Waals surface area contributed by atoms with Gasteiger partial charge in [-0.05, 0) is 77.0 Å². The first kappa shape index (κ1) is 67.3. The van der Waals surface area contributed by atoms with Gasteiger partial charge in [0.1, 0.15) is 0 Å². The molecule has 6 heteroatoms. The minimum Gasteiger partial charge on any atom is -0.466 e. The first-order valence-electron chi connectivity index (χ1n) is 31.1. The Bertz CT molecular complexity index is 1080. The molecule has 0 fully saturated rings. The van der Waals surface area contributed by atoms with Gasteiger partial charge in [-0.2, -0.15) is 0 Å². The van der Waals surface area contributed by atoms with Gasteiger partial charge in [0.25, 0.3) is 0 Å². The molecular formula is C63H121NO5. The third-order valence-corrected chi connectivity index (χ3v) is 14.5. The second-order valence-corrected chi connectivity index (χ2v) is 21.4. The standard InChI is InChI=1S/C63H121NO5/c1-3-5-7-9-11-13-15-17-18-19-22-25-28-32-35-39-43-47-51-55-61(66)60(59-65)64-62(67)56-52-48-44-40-36-33-29-26-23-20-21-24-27-30-34-38-42-46-50-54-58-69-63(68)57-53-49-45-41-37-31-16-14-12-10-8-6-4-2/h14,16,20,23,60-61,65-66H,3-13,15,17-19,21-22,24-59H2,1-2H3,(H,64,67)/b16-14-,23-20-. The molecule has 0 aliphatic carbocycles. The highest BCUT2D eigenvalue weighted by Gasteiger charge is 2.20. The van der Waals surface area contributed by atoms with Gasteiger partial charge >= 0.3 is 5.97 Å². The average Bonchev–Trinajstić information content (AvgIpc) is 3.35. The molecule has 0 aromatic rings. The molecule has 0 aliphatic rings. The third-order valence-electron chi connectivity index (χ3n) is 14.5. The average molecular weight is 973 g/mol. The lowest BCUT2D eigenvalue weighted by molar-refractivity contribution is -0.143. The molecule has 0 radical (unpaired) electrons. The zero-order valence-corrected chi connectivity index (χ0v) is 46.6. The minimum atomic E-state index is -0.670. The third kappa shape index (κ3) is 55.5. The maximum Gasteiger partial charge on any atom is 0.305 e. The first-order chi connectivity index (χ1) is 34.0. The molecule has 2 unspecified atom stereocenters. The zero-order valence-electron chi connectivity index (χ0n) is 46.6. The fourth-order valence-corrected chi connectivity index (χ4v) is 9.69. The number of esters is 1. The van der Waals surface area contributed by atoms with Crippen LogP contribution in [0.2, 0.25) is 0 Å². The number of hydrogen-bond acceptors (Lipinski definition) is 5. The first-order valence-corrected chi connectivity index (χ1v) is 31.1. The summed E-state index contributed by atoms with van der Waals surface area (Å²) in [6.07, 6.45) is 71.8. The Hall–Kier alpha value is -1.66. The number of unbranched alkanes of at least 4 members (excludes halogenated alkanes) is 43. The molecule has 0 aromatic heterocycles. The molecule has 0 saturated carbocycles. The molecule has 0 bridgehead atoms. The van der Waals surface area contributed by atoms with Gasteiger partial charge in [-0.25, -0.2) is 0 Å². The normalized spacial score (nSPS) is 12.7. The van der Waals surface area contributed by atoms with Crippen LogP contribution < -0.4 is 5.32 Å². The van der Waals surface area contributed by atoms with E-state index in [0.29, 0.717) is 25.9 Å². The van der Waals surface area contributed by atoms with Crippen molar-refractivity contribution in [1.82, 2.24) is 5.32 Å². The van der Waals surface area contributed by atoms with Gasteiger partial charge in [-0.15, -0.1) is 0 Å². The smallest absolute Gasteiger partial charge is 0.305 e. The summed E-state index contributed by atoms with van der Waals surface area (Å²) in [5.74, 6) is -0.0434. The van der Waals surface area contributed by atoms with E-state index >= 15 is 0 Å². The summed E-state index contributed by atoms with van der Waals surface area (Å²) in [5.41, 5.74) is 0. The van der Waals surface area contributed by atoms with Crippen LogP contribution in [-0.2, 0) is 14.3 Å². The lowest BCUT2D eigenvalue weighted by Crippen LogP contribution is -2.45. The van der Waals surface area contributed by atoms with Crippen LogP contribution in [0.25, 0.3) is 0 Å². The van der Waals surface area contributed by atoms with Crippen molar-refractivity contribution in [2.75, 3.05) is 13.2 Å². The number of carbonyl (C=O) groups is 2. The van der Waals surface area contributed by atoms with Crippen molar-refractivity contribution < 1.29 is 24.5 Å². The number of nitrogens with one attached hydrogen (secondary N) is 1. The van der Waals surface area contributed by atoms with Gasteiger partial charge in [0, 0.05) is 12.8 Å². The number of amides is 1. The molecule has 1 amide bonds. The number of aliphatic hydroxyl groups is 2. The highest BCUT2D eigenvalue weighted by molar-refractivity contribution is 5.76. The predicted octanol–water partition coefficient (Wildman–Crippen LogP) is 19.4. The second kappa shape index (κ2) is 58.9. The topological polar surface area (TPSA) is 95.9 Å². The maximum atomic E-state index is 12.5. The van der Waals surface area contributed by atoms with E-state index in [9.17, 15) is 19.8 Å². The number of rotatable bonds is 58. The van der Waals surface area contributed by atoms with E-state index < -0.39 is 12.1 Å². The molecule has 0 aliphatic heterocycles. The lowest BCUT2D eigenvalue weighted by atomic mass is 10.0. The van der Waals surface area contributed by atoms with Crippen LogP contribution in [0.15, 0.2) is 24.3 Å². The Morgan fingerprint density at radius 3 is 1.04 bits per heavy atom. The second-order valence-electron chi connectivity index (χ2n) is 21.4. The van der Waals surface area contributed by atoms with E-state index in [1.165, 1.54) is 263 Å². The van der Waals surface area contributed by atoms with E-state index in [4.69, 9.17) is 4.74 Å². The van der Waals surface area contributed by atoms with Crippen molar-refractivity contribution in [3.05, 3.63) is 24.3 Å². The van der Waals surface area contributed by atoms with Gasteiger partial charge in [-0.1, -0.05) is 276 Å². The molecule has 0 rings (SSSR count). The number of carbonyl (C=O) groups excluding carboxylic acids is 2. The Balaban J connectivity index is 3.44. The Morgan fingerprint density at radius 1 is 0.391 bits per heavy atom. The van der Waals surface area contributed by atoms with Gasteiger partial charge in [0.15, 0.2) is 0 Å². The van der Waals surface area contributed by atoms with Gasteiger partial charge in [0.2, 0.25) is 5.91 Å². The molecule has 0 spiro atoms. The van der Waals surface area contributed by atoms with E-state index in [1.807, 2.05) is 0 Å². The fourth-order valence-electron chi connectivity index (χ4n) is 9.69. The summed E-state index contributed by atoms with van der Waals surface area (Å²) in [4.78, 5) is 24.5. The molecule has 0 heterocycles.